The molecule has 0 aromatic carbocycles. The lowest BCUT2D eigenvalue weighted by molar-refractivity contribution is -0.689. The van der Waals surface area contributed by atoms with Crippen molar-refractivity contribution in [3.05, 3.63) is 33.7 Å². The van der Waals surface area contributed by atoms with E-state index in [0.717, 1.165) is 11.3 Å². The van der Waals surface area contributed by atoms with Crippen LogP contribution in [0.5, 0.6) is 0 Å². The maximum Gasteiger partial charge on any atom is 1.00 e. The van der Waals surface area contributed by atoms with E-state index in [1.54, 1.807) is 17.5 Å². The Bertz CT molecular complexity index is 642. The predicted molar refractivity (Wildman–Crippen MR) is 86.0 cm³/mol. The topological polar surface area (TPSA) is 99.7 Å². The molecule has 0 atom stereocenters. The fraction of sp³-hybridized carbons (Fsp3) is 0.385. The molecule has 0 spiro atoms. The number of hydrogen-bond donors (Lipinski definition) is 3. The Labute approximate surface area is 134 Å². The molecule has 0 aliphatic heterocycles. The normalized spacial score (nSPS) is 9.67. The third-order valence-electron chi connectivity index (χ3n) is 2.85. The zero-order valence-corrected chi connectivity index (χ0v) is 13.7. The van der Waals surface area contributed by atoms with Gasteiger partial charge in [-0.2, -0.15) is 9.83 Å². The fourth-order valence-corrected chi connectivity index (χ4v) is 2.75. The molecule has 0 unspecified atom stereocenters. The van der Waals surface area contributed by atoms with Crippen LogP contribution in [0.4, 0.5) is 5.82 Å². The van der Waals surface area contributed by atoms with Gasteiger partial charge in [0.25, 0.3) is 0 Å². The first-order valence-electron chi connectivity index (χ1n) is 6.21. The fourth-order valence-electron chi connectivity index (χ4n) is 1.77. The molecule has 21 heavy (non-hydrogen) atoms. The minimum atomic E-state index is 0. The second-order valence-electron chi connectivity index (χ2n) is 4.26. The van der Waals surface area contributed by atoms with Gasteiger partial charge in [-0.1, -0.05) is 24.0 Å². The molecule has 3 N–H and O–H groups in total. The van der Waals surface area contributed by atoms with Crippen molar-refractivity contribution in [1.29, 1.82) is 5.26 Å². The minimum absolute atomic E-state index is 0. The molecule has 2 heterocycles. The summed E-state index contributed by atoms with van der Waals surface area (Å²) in [5.74, 6) is 1.22. The van der Waals surface area contributed by atoms with Gasteiger partial charge in [-0.3, -0.25) is 0 Å². The number of thiocyanates is 1. The zero-order chi connectivity index (χ0) is 15.8. The van der Waals surface area contributed by atoms with Crippen molar-refractivity contribution in [2.45, 2.75) is 26.8 Å². The zero-order valence-electron chi connectivity index (χ0n) is 12.9. The third-order valence-corrected chi connectivity index (χ3v) is 4.00. The van der Waals surface area contributed by atoms with E-state index in [2.05, 4.69) is 27.2 Å². The highest BCUT2D eigenvalue weighted by Gasteiger charge is 2.16. The number of nitrogens with zero attached hydrogens (tertiary/aromatic N) is 4. The number of aliphatic hydroxyl groups is 1. The Morgan fingerprint density at radius 3 is 2.81 bits per heavy atom. The predicted octanol–water partition coefficient (Wildman–Crippen LogP) is 1.12. The van der Waals surface area contributed by atoms with Crippen molar-refractivity contribution in [3.8, 4) is 5.40 Å². The highest BCUT2D eigenvalue weighted by molar-refractivity contribution is 7.85. The highest BCUT2D eigenvalue weighted by Crippen LogP contribution is 2.13. The first-order valence-corrected chi connectivity index (χ1v) is 7.54. The van der Waals surface area contributed by atoms with Crippen LogP contribution in [-0.2, 0) is 13.0 Å². The average molecular weight is 325 g/mol. The van der Waals surface area contributed by atoms with Crippen LogP contribution in [0.25, 0.3) is 0 Å². The van der Waals surface area contributed by atoms with E-state index in [1.807, 2.05) is 19.4 Å². The Morgan fingerprint density at radius 2 is 2.24 bits per heavy atom. The standard InChI is InChI=1S/C12H17N4OS.CHNS/c1-8-11(3-4-17)18-7-16(8)6-10-5-14-9(2)15-12(10)13;2-1-3/h5,7,17H,3-4,6H2,1-2H3,(H2,13,14,15);3H/q+1;/p+1. The van der Waals surface area contributed by atoms with Gasteiger partial charge in [-0.05, 0) is 6.92 Å². The van der Waals surface area contributed by atoms with Crippen LogP contribution in [0.1, 0.15) is 23.4 Å². The number of nitriles is 1. The number of aliphatic hydroxyl groups excluding tert-OH is 1. The maximum atomic E-state index is 8.98. The van der Waals surface area contributed by atoms with Crippen molar-refractivity contribution < 1.29 is 11.1 Å². The first-order chi connectivity index (χ1) is 10.0. The molecule has 112 valence electrons. The molecule has 0 amide bonds. The van der Waals surface area contributed by atoms with Crippen LogP contribution < -0.4 is 10.3 Å². The van der Waals surface area contributed by atoms with Crippen molar-refractivity contribution >= 4 is 29.8 Å². The summed E-state index contributed by atoms with van der Waals surface area (Å²) in [6, 6.07) is 0. The van der Waals surface area contributed by atoms with Gasteiger partial charge in [0.05, 0.1) is 10.4 Å². The molecule has 0 radical (unpaired) electrons. The summed E-state index contributed by atoms with van der Waals surface area (Å²) in [5, 5.41) is 17.6. The largest absolute Gasteiger partial charge is 1.00 e. The average Bonchev–Trinajstić information content (AvgIpc) is 2.76. The molecule has 0 fully saturated rings. The second-order valence-corrected chi connectivity index (χ2v) is 5.40. The van der Waals surface area contributed by atoms with E-state index in [-0.39, 0.29) is 8.03 Å². The molecule has 0 saturated carbocycles. The third kappa shape index (κ3) is 4.97. The number of aryl methyl sites for hydroxylation is 1. The number of anilines is 1. The van der Waals surface area contributed by atoms with Crippen molar-refractivity contribution in [2.75, 3.05) is 12.3 Å². The summed E-state index contributed by atoms with van der Waals surface area (Å²) in [7, 11) is 0. The lowest BCUT2D eigenvalue weighted by atomic mass is 10.2. The molecule has 0 aliphatic carbocycles. The summed E-state index contributed by atoms with van der Waals surface area (Å²) in [4.78, 5) is 9.53. The van der Waals surface area contributed by atoms with Crippen LogP contribution in [0, 0.1) is 24.5 Å². The highest BCUT2D eigenvalue weighted by atomic mass is 32.1. The number of thiazole rings is 1. The summed E-state index contributed by atoms with van der Waals surface area (Å²) in [6.45, 7) is 4.71. The quantitative estimate of drug-likeness (QED) is 0.444. The monoisotopic (exact) mass is 325 g/mol. The second kappa shape index (κ2) is 8.56. The lowest BCUT2D eigenvalue weighted by Crippen LogP contribution is -2.35. The molecule has 2 rings (SSSR count). The Balaban J connectivity index is 0.00000102. The van der Waals surface area contributed by atoms with Gasteiger partial charge in [-0.15, -0.1) is 0 Å². The molecular weight excluding hydrogens is 306 g/mol. The molecule has 0 bridgehead atoms. The Morgan fingerprint density at radius 1 is 1.57 bits per heavy atom. The van der Waals surface area contributed by atoms with Crippen LogP contribution in [-0.4, -0.2) is 21.7 Å². The molecule has 0 saturated heterocycles. The van der Waals surface area contributed by atoms with E-state index in [1.165, 1.54) is 10.3 Å². The van der Waals surface area contributed by atoms with Gasteiger partial charge in [-0.25, -0.2) is 9.97 Å². The smallest absolute Gasteiger partial charge is 0.396 e. The maximum absolute atomic E-state index is 8.98. The SMILES string of the molecule is Cc1ncc(C[n+]2csc(CCO)c2C)c(N)n1.N#CS.[H+]. The summed E-state index contributed by atoms with van der Waals surface area (Å²) < 4.78 is 2.11. The van der Waals surface area contributed by atoms with E-state index < -0.39 is 0 Å². The van der Waals surface area contributed by atoms with Crippen LogP contribution >= 0.6 is 24.0 Å². The number of nitrogens with two attached hydrogens (primary N) is 1. The summed E-state index contributed by atoms with van der Waals surface area (Å²) in [6.07, 6.45) is 2.47. The lowest BCUT2D eigenvalue weighted by Gasteiger charge is -2.01. The first kappa shape index (κ1) is 17.4. The van der Waals surface area contributed by atoms with E-state index >= 15 is 0 Å². The van der Waals surface area contributed by atoms with E-state index in [0.29, 0.717) is 24.6 Å². The number of rotatable bonds is 4. The number of hydrogen-bond acceptors (Lipinski definition) is 7. The summed E-state index contributed by atoms with van der Waals surface area (Å²) in [5.41, 5.74) is 10.0. The summed E-state index contributed by atoms with van der Waals surface area (Å²) >= 11 is 4.74. The van der Waals surface area contributed by atoms with Gasteiger partial charge >= 0.3 is 1.43 Å². The van der Waals surface area contributed by atoms with Gasteiger partial charge in [0.15, 0.2) is 12.2 Å². The van der Waals surface area contributed by atoms with E-state index in [9.17, 15) is 0 Å². The molecule has 8 heteroatoms. The van der Waals surface area contributed by atoms with Crippen LogP contribution in [0.3, 0.4) is 0 Å². The molecule has 6 nitrogen and oxygen atoms in total. The minimum Gasteiger partial charge on any atom is -0.396 e. The van der Waals surface area contributed by atoms with Crippen molar-refractivity contribution in [3.63, 3.8) is 0 Å². The van der Waals surface area contributed by atoms with Crippen LogP contribution in [0.15, 0.2) is 11.7 Å². The van der Waals surface area contributed by atoms with E-state index in [4.69, 9.17) is 16.1 Å². The number of aromatic nitrogens is 3. The molecule has 2 aromatic heterocycles. The van der Waals surface area contributed by atoms with Gasteiger partial charge in [0.1, 0.15) is 17.0 Å². The molecular formula is C13H19N5OS2+2. The van der Waals surface area contributed by atoms with Gasteiger partial charge in [0.2, 0.25) is 5.51 Å². The number of nitrogen functional groups attached to an aromatic ring is 1. The molecule has 2 aromatic rings. The van der Waals surface area contributed by atoms with Crippen molar-refractivity contribution in [1.82, 2.24) is 9.97 Å². The van der Waals surface area contributed by atoms with Crippen LogP contribution in [0.2, 0.25) is 0 Å². The number of thiol groups is 1. The Hall–Kier alpha value is -1.69. The molecule has 0 aliphatic rings. The van der Waals surface area contributed by atoms with Crippen molar-refractivity contribution in [2.24, 2.45) is 0 Å². The van der Waals surface area contributed by atoms with Gasteiger partial charge < -0.3 is 10.8 Å². The van der Waals surface area contributed by atoms with Gasteiger partial charge in [0, 0.05) is 26.1 Å². The Kier molecular flexibility index (Phi) is 7.08.